The predicted octanol–water partition coefficient (Wildman–Crippen LogP) is 1.44. The zero-order chi connectivity index (χ0) is 8.67. The van der Waals surface area contributed by atoms with Crippen LogP contribution >= 0.6 is 0 Å². The first-order valence-corrected chi connectivity index (χ1v) is 4.76. The summed E-state index contributed by atoms with van der Waals surface area (Å²) in [6.45, 7) is 1.11. The SMILES string of the molecule is C1=C(c2cnoc2)C2CNC(C1)C2. The van der Waals surface area contributed by atoms with Gasteiger partial charge in [0.15, 0.2) is 0 Å². The van der Waals surface area contributed by atoms with Crippen LogP contribution in [0.5, 0.6) is 0 Å². The quantitative estimate of drug-likeness (QED) is 0.703. The van der Waals surface area contributed by atoms with Gasteiger partial charge in [0.2, 0.25) is 0 Å². The van der Waals surface area contributed by atoms with Gasteiger partial charge in [0.1, 0.15) is 6.26 Å². The normalized spacial score (nSPS) is 31.8. The van der Waals surface area contributed by atoms with Crippen LogP contribution in [0.25, 0.3) is 5.57 Å². The van der Waals surface area contributed by atoms with Gasteiger partial charge in [-0.2, -0.15) is 0 Å². The van der Waals surface area contributed by atoms with Crippen molar-refractivity contribution in [2.75, 3.05) is 6.54 Å². The molecule has 0 radical (unpaired) electrons. The highest BCUT2D eigenvalue weighted by Gasteiger charge is 2.30. The molecule has 68 valence electrons. The van der Waals surface area contributed by atoms with Gasteiger partial charge in [-0.25, -0.2) is 0 Å². The Morgan fingerprint density at radius 2 is 2.54 bits per heavy atom. The summed E-state index contributed by atoms with van der Waals surface area (Å²) in [5, 5.41) is 7.25. The number of nitrogens with one attached hydrogen (secondary N) is 1. The molecule has 1 aliphatic heterocycles. The molecule has 0 amide bonds. The van der Waals surface area contributed by atoms with Crippen LogP contribution in [0.4, 0.5) is 0 Å². The van der Waals surface area contributed by atoms with Crippen LogP contribution in [0, 0.1) is 5.92 Å². The van der Waals surface area contributed by atoms with Gasteiger partial charge in [0.05, 0.1) is 6.20 Å². The van der Waals surface area contributed by atoms with E-state index in [1.165, 1.54) is 12.0 Å². The number of rotatable bonds is 1. The number of nitrogens with zero attached hydrogens (tertiary/aromatic N) is 1. The maximum Gasteiger partial charge on any atom is 0.131 e. The van der Waals surface area contributed by atoms with Crippen molar-refractivity contribution in [3.05, 3.63) is 24.1 Å². The molecule has 13 heavy (non-hydrogen) atoms. The summed E-state index contributed by atoms with van der Waals surface area (Å²) in [5.74, 6) is 0.679. The monoisotopic (exact) mass is 176 g/mol. The number of aromatic nitrogens is 1. The van der Waals surface area contributed by atoms with Gasteiger partial charge in [-0.05, 0) is 24.3 Å². The third-order valence-electron chi connectivity index (χ3n) is 3.05. The van der Waals surface area contributed by atoms with E-state index in [1.807, 2.05) is 6.20 Å². The summed E-state index contributed by atoms with van der Waals surface area (Å²) in [4.78, 5) is 0. The maximum absolute atomic E-state index is 4.86. The number of hydrogen-bond donors (Lipinski definition) is 1. The van der Waals surface area contributed by atoms with E-state index in [1.54, 1.807) is 6.26 Å². The molecule has 1 fully saturated rings. The largest absolute Gasteiger partial charge is 0.364 e. The van der Waals surface area contributed by atoms with Gasteiger partial charge in [-0.1, -0.05) is 11.2 Å². The van der Waals surface area contributed by atoms with E-state index in [0.717, 1.165) is 18.5 Å². The second-order valence-electron chi connectivity index (χ2n) is 3.85. The molecule has 1 aromatic heterocycles. The molecule has 2 bridgehead atoms. The highest BCUT2D eigenvalue weighted by atomic mass is 16.5. The van der Waals surface area contributed by atoms with Gasteiger partial charge in [-0.15, -0.1) is 0 Å². The Morgan fingerprint density at radius 1 is 1.54 bits per heavy atom. The van der Waals surface area contributed by atoms with Crippen molar-refractivity contribution in [1.29, 1.82) is 0 Å². The number of fused-ring (bicyclic) bond motifs is 2. The van der Waals surface area contributed by atoms with Crippen molar-refractivity contribution in [2.24, 2.45) is 5.92 Å². The highest BCUT2D eigenvalue weighted by molar-refractivity contribution is 5.67. The first kappa shape index (κ1) is 7.33. The van der Waals surface area contributed by atoms with E-state index >= 15 is 0 Å². The molecule has 2 unspecified atom stereocenters. The Kier molecular flexibility index (Phi) is 1.52. The lowest BCUT2D eigenvalue weighted by atomic mass is 9.86. The van der Waals surface area contributed by atoms with Gasteiger partial charge in [-0.3, -0.25) is 0 Å². The van der Waals surface area contributed by atoms with Crippen molar-refractivity contribution < 1.29 is 4.52 Å². The second-order valence-corrected chi connectivity index (χ2v) is 3.85. The van der Waals surface area contributed by atoms with E-state index in [0.29, 0.717) is 12.0 Å². The molecule has 1 aromatic rings. The van der Waals surface area contributed by atoms with Crippen molar-refractivity contribution in [2.45, 2.75) is 18.9 Å². The first-order valence-electron chi connectivity index (χ1n) is 4.76. The average molecular weight is 176 g/mol. The lowest BCUT2D eigenvalue weighted by Crippen LogP contribution is -2.19. The first-order chi connectivity index (χ1) is 6.43. The summed E-state index contributed by atoms with van der Waals surface area (Å²) in [5.41, 5.74) is 2.58. The lowest BCUT2D eigenvalue weighted by molar-refractivity contribution is 0.419. The van der Waals surface area contributed by atoms with E-state index in [9.17, 15) is 0 Å². The molecular formula is C10H12N2O. The molecule has 3 heteroatoms. The Labute approximate surface area is 76.8 Å². The third kappa shape index (κ3) is 1.11. The molecule has 2 aliphatic rings. The highest BCUT2D eigenvalue weighted by Crippen LogP contribution is 2.35. The third-order valence-corrected chi connectivity index (χ3v) is 3.05. The van der Waals surface area contributed by atoms with Crippen molar-refractivity contribution in [3.63, 3.8) is 0 Å². The Morgan fingerprint density at radius 3 is 3.38 bits per heavy atom. The molecule has 3 nitrogen and oxygen atoms in total. The minimum Gasteiger partial charge on any atom is -0.364 e. The van der Waals surface area contributed by atoms with Crippen molar-refractivity contribution in [3.8, 4) is 0 Å². The van der Waals surface area contributed by atoms with Crippen LogP contribution in [-0.2, 0) is 0 Å². The molecule has 2 atom stereocenters. The van der Waals surface area contributed by atoms with E-state index in [4.69, 9.17) is 4.52 Å². The Balaban J connectivity index is 1.96. The van der Waals surface area contributed by atoms with Crippen LogP contribution in [-0.4, -0.2) is 17.7 Å². The number of hydrogen-bond acceptors (Lipinski definition) is 3. The summed E-state index contributed by atoms with van der Waals surface area (Å²) in [7, 11) is 0. The van der Waals surface area contributed by atoms with Crippen LogP contribution in [0.1, 0.15) is 18.4 Å². The van der Waals surface area contributed by atoms with Gasteiger partial charge >= 0.3 is 0 Å². The van der Waals surface area contributed by atoms with Crippen LogP contribution in [0.2, 0.25) is 0 Å². The average Bonchev–Trinajstić information content (AvgIpc) is 2.77. The zero-order valence-electron chi connectivity index (χ0n) is 7.36. The molecule has 1 aliphatic carbocycles. The topological polar surface area (TPSA) is 38.1 Å². The van der Waals surface area contributed by atoms with E-state index in [2.05, 4.69) is 16.5 Å². The minimum absolute atomic E-state index is 0.679. The smallest absolute Gasteiger partial charge is 0.131 e. The van der Waals surface area contributed by atoms with E-state index < -0.39 is 0 Å². The molecule has 1 saturated heterocycles. The Bertz CT molecular complexity index is 329. The van der Waals surface area contributed by atoms with Gasteiger partial charge in [0.25, 0.3) is 0 Å². The minimum atomic E-state index is 0.679. The second kappa shape index (κ2) is 2.70. The molecular weight excluding hydrogens is 164 g/mol. The molecule has 2 heterocycles. The van der Waals surface area contributed by atoms with E-state index in [-0.39, 0.29) is 0 Å². The van der Waals surface area contributed by atoms with Crippen molar-refractivity contribution >= 4 is 5.57 Å². The predicted molar refractivity (Wildman–Crippen MR) is 49.0 cm³/mol. The lowest BCUT2D eigenvalue weighted by Gasteiger charge is -2.17. The van der Waals surface area contributed by atoms with Crippen LogP contribution < -0.4 is 5.32 Å². The molecule has 0 spiro atoms. The maximum atomic E-state index is 4.86. The fraction of sp³-hybridized carbons (Fsp3) is 0.500. The van der Waals surface area contributed by atoms with Crippen LogP contribution in [0.3, 0.4) is 0 Å². The zero-order valence-corrected chi connectivity index (χ0v) is 7.36. The summed E-state index contributed by atoms with van der Waals surface area (Å²) < 4.78 is 4.86. The van der Waals surface area contributed by atoms with Crippen molar-refractivity contribution in [1.82, 2.24) is 10.5 Å². The summed E-state index contributed by atoms with van der Waals surface area (Å²) in [6.07, 6.45) is 8.30. The summed E-state index contributed by atoms with van der Waals surface area (Å²) >= 11 is 0. The summed E-state index contributed by atoms with van der Waals surface area (Å²) in [6, 6.07) is 0.716. The fourth-order valence-electron chi connectivity index (χ4n) is 2.37. The fourth-order valence-corrected chi connectivity index (χ4v) is 2.37. The Hall–Kier alpha value is -1.09. The molecule has 0 saturated carbocycles. The van der Waals surface area contributed by atoms with Gasteiger partial charge < -0.3 is 9.84 Å². The van der Waals surface area contributed by atoms with Crippen LogP contribution in [0.15, 0.2) is 23.1 Å². The molecule has 0 aromatic carbocycles. The molecule has 3 rings (SSSR count). The van der Waals surface area contributed by atoms with Gasteiger partial charge in [0, 0.05) is 18.2 Å². The standard InChI is InChI=1S/C10H12N2O/c1-2-10(8-5-12-13-6-8)7-3-9(1)11-4-7/h2,5-7,9,11H,1,3-4H2. The molecule has 1 N–H and O–H groups in total.